The van der Waals surface area contributed by atoms with Gasteiger partial charge >= 0.3 is 6.18 Å². The van der Waals surface area contributed by atoms with Gasteiger partial charge in [0.15, 0.2) is 0 Å². The van der Waals surface area contributed by atoms with E-state index in [2.05, 4.69) is 20.4 Å². The summed E-state index contributed by atoms with van der Waals surface area (Å²) < 4.78 is 75.9. The number of hydrogen-bond acceptors (Lipinski definition) is 6. The van der Waals surface area contributed by atoms with Crippen molar-refractivity contribution in [2.75, 3.05) is 25.5 Å². The summed E-state index contributed by atoms with van der Waals surface area (Å²) in [5.41, 5.74) is -1.17. The summed E-state index contributed by atoms with van der Waals surface area (Å²) in [7, 11) is 1.60. The van der Waals surface area contributed by atoms with Gasteiger partial charge in [-0.3, -0.25) is 4.79 Å². The van der Waals surface area contributed by atoms with Crippen molar-refractivity contribution in [1.82, 2.24) is 24.5 Å². The van der Waals surface area contributed by atoms with E-state index in [-0.39, 0.29) is 24.0 Å². The lowest BCUT2D eigenvalue weighted by Gasteiger charge is -2.22. The first-order chi connectivity index (χ1) is 15.9. The smallest absolute Gasteiger partial charge is 0.408 e. The van der Waals surface area contributed by atoms with Crippen LogP contribution < -0.4 is 10.1 Å². The summed E-state index contributed by atoms with van der Waals surface area (Å²) in [5.74, 6) is -3.16. The molecule has 2 heterocycles. The maximum atomic E-state index is 15.0. The lowest BCUT2D eigenvalue weighted by molar-refractivity contribution is -0.138. The number of nitrogens with zero attached hydrogens (tertiary/aromatic N) is 5. The monoisotopic (exact) mass is 506 g/mol. The van der Waals surface area contributed by atoms with Gasteiger partial charge in [0.05, 0.1) is 17.7 Å². The van der Waals surface area contributed by atoms with Crippen molar-refractivity contribution in [3.8, 4) is 16.9 Å². The fourth-order valence-corrected chi connectivity index (χ4v) is 3.24. The molecule has 14 heteroatoms. The van der Waals surface area contributed by atoms with Gasteiger partial charge in [0.25, 0.3) is 5.78 Å². The van der Waals surface area contributed by atoms with E-state index in [1.165, 1.54) is 11.8 Å². The minimum atomic E-state index is -4.68. The van der Waals surface area contributed by atoms with Crippen molar-refractivity contribution < 1.29 is 31.5 Å². The standard InChI is InChI=1S/C20H20ClF5N6O2/c1-10(20(24,25)26)29-18-16(17(21)30-19-27-9-28-32(18)19)15-13(22)7-12(8-14(15)23)34-6-4-5-31(3)11(2)33/h7-10,29H,4-6H2,1-3H3/t10-/m0/s1. The second kappa shape index (κ2) is 9.95. The van der Waals surface area contributed by atoms with Crippen LogP contribution in [0.2, 0.25) is 5.15 Å². The molecule has 0 unspecified atom stereocenters. The van der Waals surface area contributed by atoms with Gasteiger partial charge < -0.3 is 15.0 Å². The molecule has 0 saturated heterocycles. The molecule has 8 nitrogen and oxygen atoms in total. The van der Waals surface area contributed by atoms with Crippen LogP contribution in [0.1, 0.15) is 20.3 Å². The van der Waals surface area contributed by atoms with Crippen LogP contribution in [0.3, 0.4) is 0 Å². The van der Waals surface area contributed by atoms with Crippen molar-refractivity contribution in [2.45, 2.75) is 32.5 Å². The number of amides is 1. The van der Waals surface area contributed by atoms with Crippen molar-refractivity contribution in [1.29, 1.82) is 0 Å². The number of alkyl halides is 3. The third-order valence-corrected chi connectivity index (χ3v) is 5.21. The van der Waals surface area contributed by atoms with Crippen LogP contribution in [0.25, 0.3) is 16.9 Å². The predicted octanol–water partition coefficient (Wildman–Crippen LogP) is 4.33. The Balaban J connectivity index is 1.97. The van der Waals surface area contributed by atoms with E-state index in [9.17, 15) is 18.0 Å². The first-order valence-corrected chi connectivity index (χ1v) is 10.3. The zero-order valence-electron chi connectivity index (χ0n) is 18.3. The van der Waals surface area contributed by atoms with Gasteiger partial charge in [-0.05, 0) is 13.3 Å². The van der Waals surface area contributed by atoms with E-state index in [4.69, 9.17) is 16.3 Å². The van der Waals surface area contributed by atoms with Gasteiger partial charge in [0, 0.05) is 32.6 Å². The summed E-state index contributed by atoms with van der Waals surface area (Å²) in [6.07, 6.45) is -3.26. The molecule has 34 heavy (non-hydrogen) atoms. The van der Waals surface area contributed by atoms with Crippen LogP contribution in [0.4, 0.5) is 27.8 Å². The average molecular weight is 507 g/mol. The number of hydrogen-bond donors (Lipinski definition) is 1. The Bertz CT molecular complexity index is 1180. The molecule has 0 bridgehead atoms. The van der Waals surface area contributed by atoms with E-state index in [1.807, 2.05) is 0 Å². The number of carbonyl (C=O) groups is 1. The highest BCUT2D eigenvalue weighted by molar-refractivity contribution is 6.33. The Morgan fingerprint density at radius 1 is 1.26 bits per heavy atom. The lowest BCUT2D eigenvalue weighted by atomic mass is 10.1. The van der Waals surface area contributed by atoms with Crippen LogP contribution in [-0.4, -0.2) is 62.8 Å². The molecule has 1 N–H and O–H groups in total. The molecule has 2 aromatic heterocycles. The van der Waals surface area contributed by atoms with Crippen molar-refractivity contribution in [3.63, 3.8) is 0 Å². The topological polar surface area (TPSA) is 84.7 Å². The average Bonchev–Trinajstić information content (AvgIpc) is 3.19. The molecular weight excluding hydrogens is 487 g/mol. The molecule has 0 aliphatic carbocycles. The number of carbonyl (C=O) groups excluding carboxylic acids is 1. The van der Waals surface area contributed by atoms with E-state index >= 15 is 8.78 Å². The predicted molar refractivity (Wildman–Crippen MR) is 114 cm³/mol. The zero-order chi connectivity index (χ0) is 25.2. The Morgan fingerprint density at radius 3 is 2.50 bits per heavy atom. The van der Waals surface area contributed by atoms with Crippen molar-refractivity contribution >= 4 is 29.1 Å². The minimum absolute atomic E-state index is 0.0684. The zero-order valence-corrected chi connectivity index (χ0v) is 19.0. The van der Waals surface area contributed by atoms with Gasteiger partial charge in [-0.15, -0.1) is 0 Å². The third-order valence-electron chi connectivity index (χ3n) is 4.94. The quantitative estimate of drug-likeness (QED) is 0.278. The Kier molecular flexibility index (Phi) is 7.44. The number of ether oxygens (including phenoxy) is 1. The molecule has 0 fully saturated rings. The van der Waals surface area contributed by atoms with E-state index in [1.54, 1.807) is 7.05 Å². The molecule has 1 atom stereocenters. The second-order valence-corrected chi connectivity index (χ2v) is 7.77. The summed E-state index contributed by atoms with van der Waals surface area (Å²) in [6, 6.07) is -0.350. The minimum Gasteiger partial charge on any atom is -0.493 e. The largest absolute Gasteiger partial charge is 0.493 e. The van der Waals surface area contributed by atoms with Gasteiger partial charge in [0.1, 0.15) is 40.7 Å². The fourth-order valence-electron chi connectivity index (χ4n) is 2.98. The molecule has 3 rings (SSSR count). The highest BCUT2D eigenvalue weighted by Gasteiger charge is 2.37. The van der Waals surface area contributed by atoms with Crippen LogP contribution in [0.15, 0.2) is 18.5 Å². The molecule has 0 spiro atoms. The molecule has 0 aliphatic heterocycles. The van der Waals surface area contributed by atoms with Gasteiger partial charge in [-0.25, -0.2) is 8.78 Å². The van der Waals surface area contributed by atoms with Crippen molar-refractivity contribution in [3.05, 3.63) is 35.2 Å². The van der Waals surface area contributed by atoms with Crippen LogP contribution in [-0.2, 0) is 4.79 Å². The van der Waals surface area contributed by atoms with E-state index in [0.717, 1.165) is 29.9 Å². The van der Waals surface area contributed by atoms with Gasteiger partial charge in [-0.2, -0.15) is 32.8 Å². The number of fused-ring (bicyclic) bond motifs is 1. The number of benzene rings is 1. The first kappa shape index (κ1) is 25.4. The highest BCUT2D eigenvalue weighted by atomic mass is 35.5. The lowest BCUT2D eigenvalue weighted by Crippen LogP contribution is -2.34. The Hall–Kier alpha value is -3.22. The molecule has 0 saturated carbocycles. The molecule has 1 amide bonds. The second-order valence-electron chi connectivity index (χ2n) is 7.41. The van der Waals surface area contributed by atoms with Crippen LogP contribution >= 0.6 is 11.6 Å². The molecule has 3 aromatic rings. The third kappa shape index (κ3) is 5.46. The van der Waals surface area contributed by atoms with Gasteiger partial charge in [-0.1, -0.05) is 11.6 Å². The number of rotatable bonds is 8. The number of aromatic nitrogens is 4. The highest BCUT2D eigenvalue weighted by Crippen LogP contribution is 2.39. The normalized spacial score (nSPS) is 12.6. The van der Waals surface area contributed by atoms with E-state index < -0.39 is 46.0 Å². The van der Waals surface area contributed by atoms with Gasteiger partial charge in [0.2, 0.25) is 5.91 Å². The van der Waals surface area contributed by atoms with E-state index in [0.29, 0.717) is 13.0 Å². The van der Waals surface area contributed by atoms with Crippen molar-refractivity contribution in [2.24, 2.45) is 0 Å². The summed E-state index contributed by atoms with van der Waals surface area (Å²) in [6.45, 7) is 2.68. The summed E-state index contributed by atoms with van der Waals surface area (Å²) in [5, 5.41) is 5.48. The van der Waals surface area contributed by atoms with Crippen LogP contribution in [0, 0.1) is 11.6 Å². The maximum absolute atomic E-state index is 15.0. The number of halogens is 6. The maximum Gasteiger partial charge on any atom is 0.408 e. The molecule has 1 aromatic carbocycles. The summed E-state index contributed by atoms with van der Waals surface area (Å²) >= 11 is 6.13. The summed E-state index contributed by atoms with van der Waals surface area (Å²) in [4.78, 5) is 20.3. The fraction of sp³-hybridized carbons (Fsp3) is 0.400. The molecule has 184 valence electrons. The molecule has 0 radical (unpaired) electrons. The number of anilines is 1. The Labute approximate surface area is 195 Å². The number of nitrogens with one attached hydrogen (secondary N) is 1. The van der Waals surface area contributed by atoms with Crippen LogP contribution in [0.5, 0.6) is 5.75 Å². The SMILES string of the molecule is CC(=O)N(C)CCCOc1cc(F)c(-c2c(Cl)nc3ncnn3c2N[C@@H](C)C(F)(F)F)c(F)c1. The Morgan fingerprint density at radius 2 is 1.91 bits per heavy atom. The molecule has 0 aliphatic rings. The molecular formula is C20H20ClF5N6O2. The first-order valence-electron chi connectivity index (χ1n) is 9.96.